The third-order valence-corrected chi connectivity index (χ3v) is 6.47. The monoisotopic (exact) mass is 458 g/mol. The van der Waals surface area contributed by atoms with Crippen LogP contribution in [0.1, 0.15) is 65.5 Å². The van der Waals surface area contributed by atoms with Crippen LogP contribution in [-0.4, -0.2) is 54.6 Å². The Hall–Kier alpha value is -2.41. The SMILES string of the molecule is CCOC(=O)C1C(C)C(C(=O)NCC2CCCO2)N(C(=O)CC(C)(C)C)C1c1ccccc1. The van der Waals surface area contributed by atoms with E-state index in [1.807, 2.05) is 58.0 Å². The van der Waals surface area contributed by atoms with Crippen LogP contribution in [0.3, 0.4) is 0 Å². The summed E-state index contributed by atoms with van der Waals surface area (Å²) in [6.45, 7) is 11.0. The number of likely N-dealkylation sites (tertiary alicyclic amines) is 1. The van der Waals surface area contributed by atoms with Crippen molar-refractivity contribution in [2.45, 2.75) is 72.1 Å². The van der Waals surface area contributed by atoms with E-state index in [-0.39, 0.29) is 42.3 Å². The zero-order chi connectivity index (χ0) is 24.2. The van der Waals surface area contributed by atoms with Gasteiger partial charge in [-0.1, -0.05) is 58.0 Å². The number of nitrogens with one attached hydrogen (secondary N) is 1. The second kappa shape index (κ2) is 10.7. The van der Waals surface area contributed by atoms with Crippen molar-refractivity contribution in [1.82, 2.24) is 10.2 Å². The molecule has 2 aliphatic heterocycles. The standard InChI is InChI=1S/C26H38N2O5/c1-6-32-25(31)21-17(2)22(24(30)27-16-19-13-10-14-33-19)28(20(29)15-26(3,4)5)23(21)18-11-8-7-9-12-18/h7-9,11-12,17,19,21-23H,6,10,13-16H2,1-5H3,(H,27,30). The van der Waals surface area contributed by atoms with Crippen molar-refractivity contribution < 1.29 is 23.9 Å². The van der Waals surface area contributed by atoms with E-state index in [1.54, 1.807) is 11.8 Å². The lowest BCUT2D eigenvalue weighted by molar-refractivity contribution is -0.150. The van der Waals surface area contributed by atoms with Gasteiger partial charge in [-0.3, -0.25) is 14.4 Å². The maximum atomic E-state index is 13.7. The van der Waals surface area contributed by atoms with Gasteiger partial charge in [0.15, 0.2) is 0 Å². The van der Waals surface area contributed by atoms with Gasteiger partial charge < -0.3 is 19.7 Å². The molecule has 2 heterocycles. The number of amides is 2. The summed E-state index contributed by atoms with van der Waals surface area (Å²) in [6.07, 6.45) is 2.16. The quantitative estimate of drug-likeness (QED) is 0.633. The Morgan fingerprint density at radius 2 is 1.88 bits per heavy atom. The van der Waals surface area contributed by atoms with Gasteiger partial charge in [0.25, 0.3) is 0 Å². The zero-order valence-electron chi connectivity index (χ0n) is 20.5. The number of hydrogen-bond acceptors (Lipinski definition) is 5. The summed E-state index contributed by atoms with van der Waals surface area (Å²) < 4.78 is 11.1. The molecule has 33 heavy (non-hydrogen) atoms. The molecule has 1 aromatic carbocycles. The normalized spacial score (nSPS) is 27.4. The van der Waals surface area contributed by atoms with E-state index in [0.717, 1.165) is 18.4 Å². The molecule has 5 atom stereocenters. The third-order valence-electron chi connectivity index (χ3n) is 6.47. The van der Waals surface area contributed by atoms with Crippen LogP contribution < -0.4 is 5.32 Å². The van der Waals surface area contributed by atoms with Gasteiger partial charge in [-0.25, -0.2) is 0 Å². The van der Waals surface area contributed by atoms with Crippen LogP contribution in [0.2, 0.25) is 0 Å². The highest BCUT2D eigenvalue weighted by atomic mass is 16.5. The van der Waals surface area contributed by atoms with Gasteiger partial charge in [-0.2, -0.15) is 0 Å². The fourth-order valence-electron chi connectivity index (χ4n) is 5.03. The summed E-state index contributed by atoms with van der Waals surface area (Å²) in [4.78, 5) is 41.9. The van der Waals surface area contributed by atoms with Crippen molar-refractivity contribution in [2.24, 2.45) is 17.3 Å². The van der Waals surface area contributed by atoms with Gasteiger partial charge in [-0.15, -0.1) is 0 Å². The van der Waals surface area contributed by atoms with Gasteiger partial charge in [-0.05, 0) is 30.7 Å². The Labute approximate surface area is 197 Å². The Balaban J connectivity index is 1.99. The van der Waals surface area contributed by atoms with E-state index < -0.39 is 23.9 Å². The minimum Gasteiger partial charge on any atom is -0.466 e. The van der Waals surface area contributed by atoms with Crippen LogP contribution in [0, 0.1) is 17.3 Å². The Morgan fingerprint density at radius 3 is 2.45 bits per heavy atom. The molecule has 0 spiro atoms. The number of carbonyl (C=O) groups excluding carboxylic acids is 3. The molecule has 182 valence electrons. The smallest absolute Gasteiger partial charge is 0.311 e. The first kappa shape index (κ1) is 25.2. The predicted octanol–water partition coefficient (Wildman–Crippen LogP) is 3.49. The van der Waals surface area contributed by atoms with Crippen LogP contribution in [0.25, 0.3) is 0 Å². The first-order chi connectivity index (χ1) is 15.6. The number of esters is 1. The predicted molar refractivity (Wildman–Crippen MR) is 125 cm³/mol. The molecule has 7 nitrogen and oxygen atoms in total. The molecule has 3 rings (SSSR count). The van der Waals surface area contributed by atoms with E-state index >= 15 is 0 Å². The summed E-state index contributed by atoms with van der Waals surface area (Å²) >= 11 is 0. The van der Waals surface area contributed by atoms with Crippen LogP contribution in [0.15, 0.2) is 30.3 Å². The molecular weight excluding hydrogens is 420 g/mol. The van der Waals surface area contributed by atoms with Crippen molar-refractivity contribution in [2.75, 3.05) is 19.8 Å². The first-order valence-corrected chi connectivity index (χ1v) is 12.1. The van der Waals surface area contributed by atoms with Crippen LogP contribution in [0.5, 0.6) is 0 Å². The topological polar surface area (TPSA) is 84.9 Å². The summed E-state index contributed by atoms with van der Waals surface area (Å²) in [5.41, 5.74) is 0.571. The summed E-state index contributed by atoms with van der Waals surface area (Å²) in [6, 6.07) is 8.17. The second-order valence-electron chi connectivity index (χ2n) is 10.4. The van der Waals surface area contributed by atoms with Crippen molar-refractivity contribution in [3.05, 3.63) is 35.9 Å². The molecule has 5 unspecified atom stereocenters. The Bertz CT molecular complexity index is 829. The number of nitrogens with zero attached hydrogens (tertiary/aromatic N) is 1. The van der Waals surface area contributed by atoms with Crippen molar-refractivity contribution in [3.8, 4) is 0 Å². The minimum atomic E-state index is -0.763. The zero-order valence-corrected chi connectivity index (χ0v) is 20.5. The molecule has 7 heteroatoms. The van der Waals surface area contributed by atoms with Gasteiger partial charge >= 0.3 is 5.97 Å². The van der Waals surface area contributed by atoms with E-state index in [0.29, 0.717) is 13.2 Å². The number of benzene rings is 1. The fraction of sp³-hybridized carbons (Fsp3) is 0.654. The summed E-state index contributed by atoms with van der Waals surface area (Å²) in [5, 5.41) is 3.00. The molecule has 0 saturated carbocycles. The molecule has 0 aliphatic carbocycles. The number of carbonyl (C=O) groups is 3. The summed E-state index contributed by atoms with van der Waals surface area (Å²) in [5.74, 6) is -1.78. The Kier molecular flexibility index (Phi) is 8.16. The lowest BCUT2D eigenvalue weighted by Crippen LogP contribution is -2.50. The number of hydrogen-bond donors (Lipinski definition) is 1. The highest BCUT2D eigenvalue weighted by Crippen LogP contribution is 2.46. The van der Waals surface area contributed by atoms with Gasteiger partial charge in [0.1, 0.15) is 6.04 Å². The first-order valence-electron chi connectivity index (χ1n) is 12.1. The van der Waals surface area contributed by atoms with Crippen molar-refractivity contribution >= 4 is 17.8 Å². The highest BCUT2D eigenvalue weighted by Gasteiger charge is 2.55. The van der Waals surface area contributed by atoms with Crippen molar-refractivity contribution in [1.29, 1.82) is 0 Å². The van der Waals surface area contributed by atoms with Crippen LogP contribution in [-0.2, 0) is 23.9 Å². The third kappa shape index (κ3) is 5.94. The van der Waals surface area contributed by atoms with Crippen molar-refractivity contribution in [3.63, 3.8) is 0 Å². The molecule has 1 N–H and O–H groups in total. The average molecular weight is 459 g/mol. The maximum Gasteiger partial charge on any atom is 0.311 e. The molecule has 2 aliphatic rings. The fourth-order valence-corrected chi connectivity index (χ4v) is 5.03. The van der Waals surface area contributed by atoms with E-state index in [1.165, 1.54) is 0 Å². The van der Waals surface area contributed by atoms with Gasteiger partial charge in [0.2, 0.25) is 11.8 Å². The number of ether oxygens (including phenoxy) is 2. The molecule has 2 amide bonds. The highest BCUT2D eigenvalue weighted by molar-refractivity contribution is 5.91. The van der Waals surface area contributed by atoms with Crippen LogP contribution >= 0.6 is 0 Å². The largest absolute Gasteiger partial charge is 0.466 e. The average Bonchev–Trinajstić information content (AvgIpc) is 3.37. The van der Waals surface area contributed by atoms with Gasteiger partial charge in [0.05, 0.1) is 24.7 Å². The Morgan fingerprint density at radius 1 is 1.18 bits per heavy atom. The summed E-state index contributed by atoms with van der Waals surface area (Å²) in [7, 11) is 0. The van der Waals surface area contributed by atoms with E-state index in [4.69, 9.17) is 9.47 Å². The minimum absolute atomic E-state index is 0.00448. The molecule has 0 bridgehead atoms. The number of rotatable bonds is 7. The molecule has 0 aromatic heterocycles. The molecule has 1 aromatic rings. The molecule has 2 fully saturated rings. The second-order valence-corrected chi connectivity index (χ2v) is 10.4. The molecule has 2 saturated heterocycles. The van der Waals surface area contributed by atoms with E-state index in [9.17, 15) is 14.4 Å². The lowest BCUT2D eigenvalue weighted by Gasteiger charge is -2.33. The molecular formula is C26H38N2O5. The molecule has 0 radical (unpaired) electrons. The van der Waals surface area contributed by atoms with Gasteiger partial charge in [0, 0.05) is 25.5 Å². The lowest BCUT2D eigenvalue weighted by atomic mass is 9.85. The van der Waals surface area contributed by atoms with E-state index in [2.05, 4.69) is 5.32 Å². The van der Waals surface area contributed by atoms with Crippen LogP contribution in [0.4, 0.5) is 0 Å². The maximum absolute atomic E-state index is 13.7.